The van der Waals surface area contributed by atoms with Crippen molar-refractivity contribution in [3.05, 3.63) is 67.6 Å². The quantitative estimate of drug-likeness (QED) is 0.408. The highest BCUT2D eigenvalue weighted by atomic mass is 79.9. The highest BCUT2D eigenvalue weighted by Gasteiger charge is 2.10. The van der Waals surface area contributed by atoms with Gasteiger partial charge in [-0.1, -0.05) is 75.9 Å². The maximum atomic E-state index is 10.6. The van der Waals surface area contributed by atoms with E-state index in [0.717, 1.165) is 20.1 Å². The maximum absolute atomic E-state index is 10.6. The Hall–Kier alpha value is -0.700. The van der Waals surface area contributed by atoms with Gasteiger partial charge < -0.3 is 10.2 Å². The van der Waals surface area contributed by atoms with Crippen molar-refractivity contribution in [3.8, 4) is 0 Å². The summed E-state index contributed by atoms with van der Waals surface area (Å²) in [5, 5.41) is 17.3. The van der Waals surface area contributed by atoms with Crippen LogP contribution in [0.4, 0.5) is 0 Å². The van der Waals surface area contributed by atoms with Crippen LogP contribution < -0.4 is 0 Å². The van der Waals surface area contributed by atoms with Crippen LogP contribution in [0.2, 0.25) is 0 Å². The lowest BCUT2D eigenvalue weighted by Crippen LogP contribution is -1.96. The molecule has 0 bridgehead atoms. The van der Waals surface area contributed by atoms with Crippen LogP contribution in [0, 0.1) is 6.92 Å². The van der Waals surface area contributed by atoms with Crippen LogP contribution in [-0.2, 0) is 0 Å². The number of halogens is 4. The zero-order valence-corrected chi connectivity index (χ0v) is 18.6. The second-order valence-corrected chi connectivity index (χ2v) is 9.38. The Morgan fingerprint density at radius 3 is 1.71 bits per heavy atom. The van der Waals surface area contributed by atoms with E-state index >= 15 is 0 Å². The van der Waals surface area contributed by atoms with Gasteiger partial charge >= 0.3 is 11.9 Å². The molecule has 0 aliphatic heterocycles. The number of hydrogen-bond acceptors (Lipinski definition) is 2. The fourth-order valence-corrected chi connectivity index (χ4v) is 3.96. The monoisotopic (exact) mass is 584 g/mol. The Morgan fingerprint density at radius 2 is 1.33 bits per heavy atom. The summed E-state index contributed by atoms with van der Waals surface area (Å²) < 4.78 is 1.63. The molecule has 0 aliphatic carbocycles. The predicted octanol–water partition coefficient (Wildman–Crippen LogP) is 6.39. The van der Waals surface area contributed by atoms with Gasteiger partial charge in [0.1, 0.15) is 0 Å². The molecule has 0 fully saturated rings. The molecule has 0 aliphatic rings. The minimum Gasteiger partial charge on any atom is -0.478 e. The highest BCUT2D eigenvalue weighted by molar-refractivity contribution is 9.24. The van der Waals surface area contributed by atoms with Crippen molar-refractivity contribution in [2.24, 2.45) is 0 Å². The van der Waals surface area contributed by atoms with E-state index in [0.29, 0.717) is 5.56 Å². The van der Waals surface area contributed by atoms with Crippen LogP contribution in [0.15, 0.2) is 45.3 Å². The van der Waals surface area contributed by atoms with Gasteiger partial charge in [0.2, 0.25) is 0 Å². The van der Waals surface area contributed by atoms with Crippen molar-refractivity contribution in [2.75, 3.05) is 0 Å². The topological polar surface area (TPSA) is 74.6 Å². The van der Waals surface area contributed by atoms with Crippen molar-refractivity contribution in [1.82, 2.24) is 0 Å². The fourth-order valence-electron chi connectivity index (χ4n) is 1.56. The third-order valence-electron chi connectivity index (χ3n) is 2.90. The fraction of sp³-hybridized carbons (Fsp3) is 0.125. The molecule has 0 heterocycles. The Kier molecular flexibility index (Phi) is 8.62. The Labute approximate surface area is 172 Å². The summed E-state index contributed by atoms with van der Waals surface area (Å²) in [5.74, 6) is -1.82. The van der Waals surface area contributed by atoms with Gasteiger partial charge in [0.05, 0.1) is 14.9 Å². The summed E-state index contributed by atoms with van der Waals surface area (Å²) in [6.45, 7) is 1.91. The maximum Gasteiger partial charge on any atom is 0.335 e. The normalized spacial score (nSPS) is 10.1. The second-order valence-electron chi connectivity index (χ2n) is 4.61. The van der Waals surface area contributed by atoms with Crippen LogP contribution >= 0.6 is 63.7 Å². The van der Waals surface area contributed by atoms with Crippen molar-refractivity contribution >= 4 is 75.7 Å². The first-order chi connectivity index (χ1) is 11.1. The van der Waals surface area contributed by atoms with Gasteiger partial charge in [-0.15, -0.1) is 0 Å². The first kappa shape index (κ1) is 21.3. The second kappa shape index (κ2) is 9.70. The molecule has 2 aromatic rings. The molecular weight excluding hydrogens is 576 g/mol. The molecule has 128 valence electrons. The van der Waals surface area contributed by atoms with Crippen LogP contribution in [0.3, 0.4) is 0 Å². The summed E-state index contributed by atoms with van der Waals surface area (Å²) in [6.07, 6.45) is 0. The zero-order chi connectivity index (χ0) is 18.4. The number of aryl methyl sites for hydroxylation is 1. The minimum atomic E-state index is -0.923. The molecule has 0 saturated carbocycles. The van der Waals surface area contributed by atoms with E-state index in [1.807, 2.05) is 6.92 Å². The van der Waals surface area contributed by atoms with E-state index < -0.39 is 11.9 Å². The van der Waals surface area contributed by atoms with Crippen LogP contribution in [0.25, 0.3) is 0 Å². The van der Waals surface area contributed by atoms with Gasteiger partial charge in [-0.3, -0.25) is 0 Å². The van der Waals surface area contributed by atoms with Crippen molar-refractivity contribution < 1.29 is 19.8 Å². The number of carbonyl (C=O) groups is 2. The van der Waals surface area contributed by atoms with Crippen molar-refractivity contribution in [3.63, 3.8) is 0 Å². The molecule has 24 heavy (non-hydrogen) atoms. The number of benzene rings is 2. The van der Waals surface area contributed by atoms with Gasteiger partial charge in [0, 0.05) is 8.95 Å². The van der Waals surface area contributed by atoms with Crippen molar-refractivity contribution in [1.29, 1.82) is 0 Å². The first-order valence-electron chi connectivity index (χ1n) is 6.43. The number of rotatable bonds is 3. The van der Waals surface area contributed by atoms with Crippen LogP contribution in [-0.4, -0.2) is 22.2 Å². The van der Waals surface area contributed by atoms with Gasteiger partial charge in [-0.25, -0.2) is 9.59 Å². The number of aromatic carboxylic acids is 2. The lowest BCUT2D eigenvalue weighted by atomic mass is 10.1. The van der Waals surface area contributed by atoms with E-state index in [1.165, 1.54) is 0 Å². The number of alkyl halides is 2. The zero-order valence-electron chi connectivity index (χ0n) is 12.3. The van der Waals surface area contributed by atoms with Gasteiger partial charge in [-0.2, -0.15) is 0 Å². The van der Waals surface area contributed by atoms with E-state index in [2.05, 4.69) is 63.7 Å². The molecule has 0 amide bonds. The number of carboxylic acid groups (broad SMARTS) is 2. The summed E-state index contributed by atoms with van der Waals surface area (Å²) in [4.78, 5) is 21.0. The Bertz CT molecular complexity index is 760. The largest absolute Gasteiger partial charge is 0.478 e. The summed E-state index contributed by atoms with van der Waals surface area (Å²) in [6, 6.07) is 9.85. The number of hydrogen-bond donors (Lipinski definition) is 2. The Morgan fingerprint density at radius 1 is 0.875 bits per heavy atom. The molecule has 0 spiro atoms. The van der Waals surface area contributed by atoms with Gasteiger partial charge in [-0.05, 0) is 42.3 Å². The molecule has 2 N–H and O–H groups in total. The molecule has 4 nitrogen and oxygen atoms in total. The van der Waals surface area contributed by atoms with Gasteiger partial charge in [0.25, 0.3) is 0 Å². The lowest BCUT2D eigenvalue weighted by molar-refractivity contribution is 0.0686. The van der Waals surface area contributed by atoms with Crippen LogP contribution in [0.1, 0.15) is 35.6 Å². The smallest absolute Gasteiger partial charge is 0.335 e. The van der Waals surface area contributed by atoms with Crippen molar-refractivity contribution in [2.45, 2.75) is 10.7 Å². The molecule has 0 aromatic heterocycles. The third kappa shape index (κ3) is 6.31. The van der Waals surface area contributed by atoms with E-state index in [9.17, 15) is 9.59 Å². The summed E-state index contributed by atoms with van der Waals surface area (Å²) in [5.41, 5.74) is 2.58. The molecule has 0 unspecified atom stereocenters. The summed E-state index contributed by atoms with van der Waals surface area (Å²) in [7, 11) is 0. The van der Waals surface area contributed by atoms with E-state index in [4.69, 9.17) is 10.2 Å². The molecular formula is C16H12Br4O4. The minimum absolute atomic E-state index is 0.0252. The lowest BCUT2D eigenvalue weighted by Gasteiger charge is -2.05. The van der Waals surface area contributed by atoms with E-state index in [-0.39, 0.29) is 9.30 Å². The molecule has 2 aromatic carbocycles. The SMILES string of the molecule is Cc1ccc(C(=O)O)cc1Br.O=C(O)c1ccc(C(Br)Br)c(Br)c1. The predicted molar refractivity (Wildman–Crippen MR) is 108 cm³/mol. The average Bonchev–Trinajstić information content (AvgIpc) is 2.49. The van der Waals surface area contributed by atoms with E-state index in [1.54, 1.807) is 36.4 Å². The Balaban J connectivity index is 0.000000243. The molecule has 2 rings (SSSR count). The molecule has 0 atom stereocenters. The third-order valence-corrected chi connectivity index (χ3v) is 5.43. The highest BCUT2D eigenvalue weighted by Crippen LogP contribution is 2.34. The first-order valence-corrected chi connectivity index (χ1v) is 9.85. The molecule has 0 saturated heterocycles. The number of carboxylic acids is 2. The summed E-state index contributed by atoms with van der Waals surface area (Å²) >= 11 is 13.2. The molecule has 0 radical (unpaired) electrons. The van der Waals surface area contributed by atoms with Crippen LogP contribution in [0.5, 0.6) is 0 Å². The molecule has 8 heteroatoms. The van der Waals surface area contributed by atoms with Gasteiger partial charge in [0.15, 0.2) is 0 Å². The standard InChI is InChI=1S/C8H5Br3O2.C8H7BrO2/c9-6-3-4(8(12)13)1-2-5(6)7(10)11;1-5-2-3-6(8(10)11)4-7(5)9/h1-3,7H,(H,12,13);2-4H,1H3,(H,10,11). The average molecular weight is 588 g/mol.